The molecule has 1 atom stereocenters. The Morgan fingerprint density at radius 1 is 1.69 bits per heavy atom. The molecule has 88 valence electrons. The van der Waals surface area contributed by atoms with Crippen molar-refractivity contribution in [2.24, 2.45) is 0 Å². The van der Waals surface area contributed by atoms with E-state index in [9.17, 15) is 9.59 Å². The van der Waals surface area contributed by atoms with Crippen molar-refractivity contribution in [1.82, 2.24) is 4.90 Å². The first kappa shape index (κ1) is 12.5. The number of methoxy groups -OCH3 is 1. The molecule has 0 unspecified atom stereocenters. The van der Waals surface area contributed by atoms with Gasteiger partial charge in [-0.15, -0.1) is 6.58 Å². The second kappa shape index (κ2) is 5.49. The summed E-state index contributed by atoms with van der Waals surface area (Å²) in [7, 11) is 1.34. The molecule has 0 fully saturated rings. The number of ether oxygens (including phenoxy) is 1. The van der Waals surface area contributed by atoms with Gasteiger partial charge in [0.25, 0.3) is 0 Å². The highest BCUT2D eigenvalue weighted by molar-refractivity contribution is 5.93. The van der Waals surface area contributed by atoms with E-state index in [2.05, 4.69) is 6.58 Å². The van der Waals surface area contributed by atoms with Crippen molar-refractivity contribution in [2.75, 3.05) is 7.11 Å². The zero-order chi connectivity index (χ0) is 12.1. The number of rotatable bonds is 3. The predicted octanol–water partition coefficient (Wildman–Crippen LogP) is 2.27. The molecule has 0 aliphatic carbocycles. The van der Waals surface area contributed by atoms with Crippen LogP contribution in [0.4, 0.5) is 4.79 Å². The molecule has 0 aromatic heterocycles. The van der Waals surface area contributed by atoms with E-state index in [-0.39, 0.29) is 11.8 Å². The Kier molecular flexibility index (Phi) is 4.28. The van der Waals surface area contributed by atoms with Crippen molar-refractivity contribution < 1.29 is 14.3 Å². The minimum Gasteiger partial charge on any atom is -0.452 e. The largest absolute Gasteiger partial charge is 0.452 e. The fraction of sp³-hybridized carbons (Fsp3) is 0.500. The van der Waals surface area contributed by atoms with Crippen LogP contribution in [0.2, 0.25) is 0 Å². The van der Waals surface area contributed by atoms with Crippen molar-refractivity contribution in [1.29, 1.82) is 0 Å². The molecule has 16 heavy (non-hydrogen) atoms. The number of Topliss-reactive ketones (excluding diaryl/α,β-unsaturated/α-hetero) is 1. The third kappa shape index (κ3) is 2.72. The van der Waals surface area contributed by atoms with Crippen LogP contribution in [0.25, 0.3) is 0 Å². The van der Waals surface area contributed by atoms with Crippen molar-refractivity contribution in [3.8, 4) is 0 Å². The molecule has 1 heterocycles. The van der Waals surface area contributed by atoms with Crippen molar-refractivity contribution >= 4 is 11.9 Å². The Morgan fingerprint density at radius 3 is 2.88 bits per heavy atom. The molecule has 1 aliphatic heterocycles. The Balaban J connectivity index is 2.90. The number of ketones is 1. The Bertz CT molecular complexity index is 333. The summed E-state index contributed by atoms with van der Waals surface area (Å²) in [6, 6.07) is 0.0491. The van der Waals surface area contributed by atoms with Gasteiger partial charge < -0.3 is 4.74 Å². The van der Waals surface area contributed by atoms with E-state index in [0.717, 1.165) is 6.42 Å². The van der Waals surface area contributed by atoms with Gasteiger partial charge in [-0.2, -0.15) is 0 Å². The summed E-state index contributed by atoms with van der Waals surface area (Å²) in [5.41, 5.74) is 0.672. The Morgan fingerprint density at radius 2 is 2.38 bits per heavy atom. The van der Waals surface area contributed by atoms with Gasteiger partial charge in [-0.1, -0.05) is 6.08 Å². The molecule has 0 saturated heterocycles. The van der Waals surface area contributed by atoms with E-state index < -0.39 is 6.09 Å². The quantitative estimate of drug-likeness (QED) is 0.689. The fourth-order valence-electron chi connectivity index (χ4n) is 1.80. The monoisotopic (exact) mass is 223 g/mol. The summed E-state index contributed by atoms with van der Waals surface area (Å²) in [4.78, 5) is 24.3. The van der Waals surface area contributed by atoms with Crippen molar-refractivity contribution in [3.05, 3.63) is 24.4 Å². The lowest BCUT2D eigenvalue weighted by molar-refractivity contribution is -0.113. The molecule has 1 aliphatic rings. The number of allylic oxidation sites excluding steroid dienone is 1. The number of carbonyl (C=O) groups excluding carboxylic acids is 2. The van der Waals surface area contributed by atoms with Gasteiger partial charge in [0.2, 0.25) is 0 Å². The van der Waals surface area contributed by atoms with Crippen LogP contribution in [0, 0.1) is 0 Å². The summed E-state index contributed by atoms with van der Waals surface area (Å²) < 4.78 is 4.69. The second-order valence-corrected chi connectivity index (χ2v) is 3.80. The van der Waals surface area contributed by atoms with Gasteiger partial charge in [-0.25, -0.2) is 4.79 Å². The smallest absolute Gasteiger partial charge is 0.413 e. The SMILES string of the molecule is C=CC[C@@H]1CCC(C(C)=O)=CN1C(=O)OC. The molecule has 0 aromatic carbocycles. The highest BCUT2D eigenvalue weighted by atomic mass is 16.5. The fourth-order valence-corrected chi connectivity index (χ4v) is 1.80. The minimum absolute atomic E-state index is 0.00551. The third-order valence-electron chi connectivity index (χ3n) is 2.71. The zero-order valence-electron chi connectivity index (χ0n) is 9.73. The lowest BCUT2D eigenvalue weighted by atomic mass is 9.96. The van der Waals surface area contributed by atoms with Crippen LogP contribution in [-0.4, -0.2) is 29.9 Å². The van der Waals surface area contributed by atoms with Gasteiger partial charge in [-0.05, 0) is 26.2 Å². The minimum atomic E-state index is -0.426. The molecule has 4 nitrogen and oxygen atoms in total. The normalized spacial score (nSPS) is 20.0. The number of hydrogen-bond donors (Lipinski definition) is 0. The Labute approximate surface area is 95.6 Å². The van der Waals surface area contributed by atoms with Crippen molar-refractivity contribution in [2.45, 2.75) is 32.2 Å². The average Bonchev–Trinajstić information content (AvgIpc) is 2.28. The van der Waals surface area contributed by atoms with Crippen LogP contribution in [0.15, 0.2) is 24.4 Å². The number of amides is 1. The van der Waals surface area contributed by atoms with Gasteiger partial charge in [0, 0.05) is 17.8 Å². The van der Waals surface area contributed by atoms with E-state index in [1.165, 1.54) is 18.9 Å². The first-order valence-electron chi connectivity index (χ1n) is 5.29. The molecule has 0 radical (unpaired) electrons. The van der Waals surface area contributed by atoms with Gasteiger partial charge in [-0.3, -0.25) is 9.69 Å². The lowest BCUT2D eigenvalue weighted by Gasteiger charge is -2.31. The van der Waals surface area contributed by atoms with Gasteiger partial charge in [0.1, 0.15) is 0 Å². The van der Waals surface area contributed by atoms with Crippen LogP contribution in [0.5, 0.6) is 0 Å². The molecule has 0 aromatic rings. The summed E-state index contributed by atoms with van der Waals surface area (Å²) in [6.45, 7) is 5.17. The molecule has 0 bridgehead atoms. The summed E-state index contributed by atoms with van der Waals surface area (Å²) in [6.07, 6.45) is 5.13. The molecule has 1 amide bonds. The van der Waals surface area contributed by atoms with E-state index in [4.69, 9.17) is 4.74 Å². The van der Waals surface area contributed by atoms with E-state index in [0.29, 0.717) is 18.4 Å². The van der Waals surface area contributed by atoms with Crippen molar-refractivity contribution in [3.63, 3.8) is 0 Å². The third-order valence-corrected chi connectivity index (χ3v) is 2.71. The van der Waals surface area contributed by atoms with Gasteiger partial charge in [0.05, 0.1) is 7.11 Å². The molecule has 4 heteroatoms. The van der Waals surface area contributed by atoms with E-state index >= 15 is 0 Å². The van der Waals surface area contributed by atoms with Crippen LogP contribution >= 0.6 is 0 Å². The molecular weight excluding hydrogens is 206 g/mol. The Hall–Kier alpha value is -1.58. The highest BCUT2D eigenvalue weighted by Gasteiger charge is 2.27. The summed E-state index contributed by atoms with van der Waals surface area (Å²) in [5, 5.41) is 0. The van der Waals surface area contributed by atoms with Gasteiger partial charge in [0.15, 0.2) is 5.78 Å². The molecule has 0 spiro atoms. The number of nitrogens with zero attached hydrogens (tertiary/aromatic N) is 1. The average molecular weight is 223 g/mol. The topological polar surface area (TPSA) is 46.6 Å². The molecule has 0 saturated carbocycles. The standard InChI is InChI=1S/C12H17NO3/c1-4-5-11-7-6-10(9(2)14)8-13(11)12(15)16-3/h4,8,11H,1,5-7H2,2-3H3/t11-/m1/s1. The van der Waals surface area contributed by atoms with E-state index in [1.54, 1.807) is 12.3 Å². The molecule has 1 rings (SSSR count). The second-order valence-electron chi connectivity index (χ2n) is 3.80. The zero-order valence-corrected chi connectivity index (χ0v) is 9.73. The summed E-state index contributed by atoms with van der Waals surface area (Å²) >= 11 is 0. The maximum absolute atomic E-state index is 11.5. The van der Waals surface area contributed by atoms with Gasteiger partial charge >= 0.3 is 6.09 Å². The highest BCUT2D eigenvalue weighted by Crippen LogP contribution is 2.24. The maximum Gasteiger partial charge on any atom is 0.413 e. The summed E-state index contributed by atoms with van der Waals surface area (Å²) in [5.74, 6) is 0.00551. The first-order valence-corrected chi connectivity index (χ1v) is 5.29. The molecular formula is C12H17NO3. The number of hydrogen-bond acceptors (Lipinski definition) is 3. The molecule has 0 N–H and O–H groups in total. The first-order chi connectivity index (χ1) is 7.60. The maximum atomic E-state index is 11.5. The van der Waals surface area contributed by atoms with Crippen LogP contribution in [-0.2, 0) is 9.53 Å². The lowest BCUT2D eigenvalue weighted by Crippen LogP contribution is -2.39. The number of carbonyl (C=O) groups is 2. The van der Waals surface area contributed by atoms with E-state index in [1.807, 2.05) is 0 Å². The van der Waals surface area contributed by atoms with Crippen LogP contribution in [0.3, 0.4) is 0 Å². The predicted molar refractivity (Wildman–Crippen MR) is 60.8 cm³/mol. The van der Waals surface area contributed by atoms with Crippen LogP contribution in [0.1, 0.15) is 26.2 Å². The van der Waals surface area contributed by atoms with Crippen LogP contribution < -0.4 is 0 Å².